The third kappa shape index (κ3) is 1.37. The van der Waals surface area contributed by atoms with Crippen LogP contribution in [0.25, 0.3) is 5.82 Å². The van der Waals surface area contributed by atoms with E-state index < -0.39 is 0 Å². The van der Waals surface area contributed by atoms with E-state index in [1.807, 2.05) is 13.0 Å². The van der Waals surface area contributed by atoms with Gasteiger partial charge >= 0.3 is 0 Å². The maximum Gasteiger partial charge on any atom is 0.178 e. The van der Waals surface area contributed by atoms with Gasteiger partial charge in [0.1, 0.15) is 11.6 Å². The van der Waals surface area contributed by atoms with Crippen molar-refractivity contribution >= 4 is 11.6 Å². The number of nitrogen functional groups attached to an aromatic ring is 2. The molecule has 0 saturated heterocycles. The monoisotopic (exact) mass is 190 g/mol. The molecule has 2 aromatic heterocycles. The van der Waals surface area contributed by atoms with Gasteiger partial charge in [-0.1, -0.05) is 0 Å². The molecule has 0 bridgehead atoms. The van der Waals surface area contributed by atoms with Crippen LogP contribution in [-0.4, -0.2) is 20.0 Å². The van der Waals surface area contributed by atoms with E-state index in [0.717, 1.165) is 5.69 Å². The highest BCUT2D eigenvalue weighted by molar-refractivity contribution is 5.46. The number of aryl methyl sites for hydroxylation is 1. The summed E-state index contributed by atoms with van der Waals surface area (Å²) in [5, 5.41) is 11.8. The smallest absolute Gasteiger partial charge is 0.178 e. The number of anilines is 2. The topological polar surface area (TPSA) is 95.6 Å². The summed E-state index contributed by atoms with van der Waals surface area (Å²) in [6, 6.07) is 5.19. The van der Waals surface area contributed by atoms with Crippen molar-refractivity contribution in [3.05, 3.63) is 23.9 Å². The Morgan fingerprint density at radius 2 is 2.00 bits per heavy atom. The fraction of sp³-hybridized carbons (Fsp3) is 0.125. The summed E-state index contributed by atoms with van der Waals surface area (Å²) in [6.07, 6.45) is 0. The molecule has 0 amide bonds. The van der Waals surface area contributed by atoms with Crippen molar-refractivity contribution in [2.24, 2.45) is 0 Å². The highest BCUT2D eigenvalue weighted by Gasteiger charge is 2.05. The molecule has 2 aromatic rings. The van der Waals surface area contributed by atoms with Crippen LogP contribution < -0.4 is 11.5 Å². The van der Waals surface area contributed by atoms with Crippen molar-refractivity contribution in [2.45, 2.75) is 6.92 Å². The first-order chi connectivity index (χ1) is 6.66. The summed E-state index contributed by atoms with van der Waals surface area (Å²) >= 11 is 0. The summed E-state index contributed by atoms with van der Waals surface area (Å²) in [6.45, 7) is 1.86. The fourth-order valence-corrected chi connectivity index (χ4v) is 1.10. The van der Waals surface area contributed by atoms with E-state index in [4.69, 9.17) is 11.5 Å². The molecule has 0 atom stereocenters. The molecule has 2 rings (SSSR count). The molecular formula is C8H10N6. The lowest BCUT2D eigenvalue weighted by Gasteiger charge is -2.00. The minimum absolute atomic E-state index is 0.366. The minimum atomic E-state index is 0.366. The van der Waals surface area contributed by atoms with Gasteiger partial charge in [-0.25, -0.2) is 0 Å². The first-order valence-electron chi connectivity index (χ1n) is 4.08. The highest BCUT2D eigenvalue weighted by atomic mass is 15.4. The second kappa shape index (κ2) is 2.99. The van der Waals surface area contributed by atoms with Crippen molar-refractivity contribution in [3.63, 3.8) is 0 Å². The van der Waals surface area contributed by atoms with Crippen LogP contribution in [0.1, 0.15) is 5.69 Å². The average Bonchev–Trinajstić information content (AvgIpc) is 2.47. The summed E-state index contributed by atoms with van der Waals surface area (Å²) in [5.41, 5.74) is 12.0. The molecule has 0 radical (unpaired) electrons. The van der Waals surface area contributed by atoms with Gasteiger partial charge in [-0.15, -0.1) is 10.2 Å². The van der Waals surface area contributed by atoms with Crippen molar-refractivity contribution in [1.29, 1.82) is 0 Å². The van der Waals surface area contributed by atoms with E-state index in [0.29, 0.717) is 17.5 Å². The Kier molecular flexibility index (Phi) is 1.81. The van der Waals surface area contributed by atoms with Gasteiger partial charge in [0.25, 0.3) is 0 Å². The highest BCUT2D eigenvalue weighted by Crippen LogP contribution is 2.12. The van der Waals surface area contributed by atoms with Crippen LogP contribution in [0.3, 0.4) is 0 Å². The molecule has 72 valence electrons. The lowest BCUT2D eigenvalue weighted by molar-refractivity contribution is 0.817. The van der Waals surface area contributed by atoms with Gasteiger partial charge in [0, 0.05) is 6.07 Å². The van der Waals surface area contributed by atoms with Crippen LogP contribution in [0.2, 0.25) is 0 Å². The predicted molar refractivity (Wildman–Crippen MR) is 52.7 cm³/mol. The molecule has 0 aliphatic carbocycles. The zero-order chi connectivity index (χ0) is 10.1. The van der Waals surface area contributed by atoms with Crippen LogP contribution >= 0.6 is 0 Å². The second-order valence-electron chi connectivity index (χ2n) is 2.94. The molecule has 6 heteroatoms. The lowest BCUT2D eigenvalue weighted by atomic mass is 10.4. The van der Waals surface area contributed by atoms with Crippen LogP contribution in [-0.2, 0) is 0 Å². The first kappa shape index (κ1) is 8.49. The Hall–Kier alpha value is -2.11. The molecule has 0 aliphatic heterocycles. The van der Waals surface area contributed by atoms with Gasteiger partial charge in [-0.3, -0.25) is 0 Å². The summed E-state index contributed by atoms with van der Waals surface area (Å²) in [7, 11) is 0. The van der Waals surface area contributed by atoms with Crippen molar-refractivity contribution in [1.82, 2.24) is 20.0 Å². The molecule has 6 nitrogen and oxygen atoms in total. The largest absolute Gasteiger partial charge is 0.383 e. The van der Waals surface area contributed by atoms with Crippen LogP contribution in [0.15, 0.2) is 18.2 Å². The molecule has 0 aromatic carbocycles. The standard InChI is InChI=1S/C8H10N6/c1-5-2-3-8(12-11-5)14-7(10)4-6(9)13-14/h2-4H,10H2,1H3,(H2,9,13). The number of aromatic nitrogens is 4. The summed E-state index contributed by atoms with van der Waals surface area (Å²) < 4.78 is 1.45. The minimum Gasteiger partial charge on any atom is -0.383 e. The second-order valence-corrected chi connectivity index (χ2v) is 2.94. The quantitative estimate of drug-likeness (QED) is 0.666. The third-order valence-electron chi connectivity index (χ3n) is 1.76. The first-order valence-corrected chi connectivity index (χ1v) is 4.08. The van der Waals surface area contributed by atoms with Gasteiger partial charge in [0.05, 0.1) is 5.69 Å². The zero-order valence-corrected chi connectivity index (χ0v) is 7.68. The van der Waals surface area contributed by atoms with Gasteiger partial charge < -0.3 is 11.5 Å². The summed E-state index contributed by atoms with van der Waals surface area (Å²) in [4.78, 5) is 0. The number of rotatable bonds is 1. The molecule has 4 N–H and O–H groups in total. The normalized spacial score (nSPS) is 10.4. The average molecular weight is 190 g/mol. The Bertz CT molecular complexity index is 443. The van der Waals surface area contributed by atoms with Crippen molar-refractivity contribution in [2.75, 3.05) is 11.5 Å². The third-order valence-corrected chi connectivity index (χ3v) is 1.76. The molecule has 2 heterocycles. The van der Waals surface area contributed by atoms with Crippen molar-refractivity contribution < 1.29 is 0 Å². The Labute approximate surface area is 80.5 Å². The molecule has 14 heavy (non-hydrogen) atoms. The maximum atomic E-state index is 5.66. The van der Waals surface area contributed by atoms with E-state index in [2.05, 4.69) is 15.3 Å². The van der Waals surface area contributed by atoms with Gasteiger partial charge in [0.2, 0.25) is 0 Å². The van der Waals surface area contributed by atoms with E-state index >= 15 is 0 Å². The van der Waals surface area contributed by atoms with E-state index in [1.54, 1.807) is 12.1 Å². The molecule has 0 fully saturated rings. The SMILES string of the molecule is Cc1ccc(-n2nc(N)cc2N)nn1. The van der Waals surface area contributed by atoms with Gasteiger partial charge in [0.15, 0.2) is 5.82 Å². The van der Waals surface area contributed by atoms with Crippen LogP contribution in [0.5, 0.6) is 0 Å². The van der Waals surface area contributed by atoms with Gasteiger partial charge in [-0.2, -0.15) is 9.78 Å². The molecule has 0 aliphatic rings. The van der Waals surface area contributed by atoms with Gasteiger partial charge in [-0.05, 0) is 19.1 Å². The van der Waals surface area contributed by atoms with Crippen LogP contribution in [0, 0.1) is 6.92 Å². The van der Waals surface area contributed by atoms with Crippen LogP contribution in [0.4, 0.5) is 11.6 Å². The lowest BCUT2D eigenvalue weighted by Crippen LogP contribution is -2.05. The summed E-state index contributed by atoms with van der Waals surface area (Å²) in [5.74, 6) is 1.37. The molecule has 0 spiro atoms. The maximum absolute atomic E-state index is 5.66. The van der Waals surface area contributed by atoms with E-state index in [-0.39, 0.29) is 0 Å². The van der Waals surface area contributed by atoms with E-state index in [1.165, 1.54) is 4.68 Å². The predicted octanol–water partition coefficient (Wildman–Crippen LogP) is 0.135. The number of hydrogen-bond acceptors (Lipinski definition) is 5. The zero-order valence-electron chi connectivity index (χ0n) is 7.68. The molecular weight excluding hydrogens is 180 g/mol. The fourth-order valence-electron chi connectivity index (χ4n) is 1.10. The molecule has 0 saturated carbocycles. The molecule has 0 unspecified atom stereocenters. The Morgan fingerprint density at radius 3 is 2.50 bits per heavy atom. The van der Waals surface area contributed by atoms with Crippen molar-refractivity contribution in [3.8, 4) is 5.82 Å². The Morgan fingerprint density at radius 1 is 1.21 bits per heavy atom. The number of nitrogens with zero attached hydrogens (tertiary/aromatic N) is 4. The number of hydrogen-bond donors (Lipinski definition) is 2. The number of nitrogens with two attached hydrogens (primary N) is 2. The van der Waals surface area contributed by atoms with E-state index in [9.17, 15) is 0 Å². The Balaban J connectivity index is 2.49.